The SMILES string of the molecule is CCCCNC(=O)c1snc(C(=O)NCc2ccccc2Cl)c1N. The van der Waals surface area contributed by atoms with Crippen molar-refractivity contribution in [3.63, 3.8) is 0 Å². The second-order valence-corrected chi connectivity index (χ2v) is 6.34. The maximum Gasteiger partial charge on any atom is 0.273 e. The number of nitrogens with two attached hydrogens (primary N) is 1. The summed E-state index contributed by atoms with van der Waals surface area (Å²) < 4.78 is 4.01. The van der Waals surface area contributed by atoms with Crippen LogP contribution < -0.4 is 16.4 Å². The fourth-order valence-electron chi connectivity index (χ4n) is 1.98. The molecule has 0 aliphatic heterocycles. The summed E-state index contributed by atoms with van der Waals surface area (Å²) in [5.41, 5.74) is 6.86. The Balaban J connectivity index is 2.00. The number of hydrogen-bond donors (Lipinski definition) is 3. The summed E-state index contributed by atoms with van der Waals surface area (Å²) in [7, 11) is 0. The summed E-state index contributed by atoms with van der Waals surface area (Å²) in [6, 6.07) is 7.22. The molecule has 0 unspecified atom stereocenters. The van der Waals surface area contributed by atoms with E-state index in [1.54, 1.807) is 6.07 Å². The molecule has 2 rings (SSSR count). The van der Waals surface area contributed by atoms with Crippen LogP contribution in [0.25, 0.3) is 0 Å². The Morgan fingerprint density at radius 1 is 1.25 bits per heavy atom. The van der Waals surface area contributed by atoms with Crippen LogP contribution in [0.3, 0.4) is 0 Å². The van der Waals surface area contributed by atoms with Crippen molar-refractivity contribution in [1.82, 2.24) is 15.0 Å². The number of nitrogens with one attached hydrogen (secondary N) is 2. The fraction of sp³-hybridized carbons (Fsp3) is 0.312. The molecule has 0 saturated heterocycles. The summed E-state index contributed by atoms with van der Waals surface area (Å²) in [6.45, 7) is 2.86. The van der Waals surface area contributed by atoms with Crippen LogP contribution in [0.1, 0.15) is 45.5 Å². The Bertz CT molecular complexity index is 733. The van der Waals surface area contributed by atoms with E-state index in [-0.39, 0.29) is 28.7 Å². The van der Waals surface area contributed by atoms with Gasteiger partial charge in [-0.05, 0) is 29.6 Å². The van der Waals surface area contributed by atoms with Gasteiger partial charge in [0, 0.05) is 18.1 Å². The minimum absolute atomic E-state index is 0.0627. The molecule has 0 aliphatic rings. The third-order valence-electron chi connectivity index (χ3n) is 3.36. The van der Waals surface area contributed by atoms with Gasteiger partial charge in [-0.15, -0.1) is 0 Å². The fourth-order valence-corrected chi connectivity index (χ4v) is 2.90. The van der Waals surface area contributed by atoms with Crippen molar-refractivity contribution in [2.75, 3.05) is 12.3 Å². The van der Waals surface area contributed by atoms with Crippen LogP contribution in [0.5, 0.6) is 0 Å². The summed E-state index contributed by atoms with van der Waals surface area (Å²) in [4.78, 5) is 24.5. The number of halogens is 1. The second kappa shape index (κ2) is 8.65. The molecule has 0 bridgehead atoms. The summed E-state index contributed by atoms with van der Waals surface area (Å²) in [5.74, 6) is -0.736. The van der Waals surface area contributed by atoms with E-state index in [0.717, 1.165) is 29.9 Å². The lowest BCUT2D eigenvalue weighted by atomic mass is 10.2. The van der Waals surface area contributed by atoms with E-state index < -0.39 is 5.91 Å². The van der Waals surface area contributed by atoms with Crippen molar-refractivity contribution in [3.05, 3.63) is 45.4 Å². The van der Waals surface area contributed by atoms with E-state index in [4.69, 9.17) is 17.3 Å². The molecule has 2 aromatic rings. The number of unbranched alkanes of at least 4 members (excludes halogenated alkanes) is 1. The molecule has 24 heavy (non-hydrogen) atoms. The molecule has 128 valence electrons. The van der Waals surface area contributed by atoms with Gasteiger partial charge in [0.05, 0.1) is 5.69 Å². The van der Waals surface area contributed by atoms with E-state index in [1.807, 2.05) is 25.1 Å². The van der Waals surface area contributed by atoms with E-state index in [2.05, 4.69) is 15.0 Å². The first-order valence-corrected chi connectivity index (χ1v) is 8.74. The Morgan fingerprint density at radius 2 is 2.00 bits per heavy atom. The average Bonchev–Trinajstić information content (AvgIpc) is 2.95. The Kier molecular flexibility index (Phi) is 6.57. The maximum absolute atomic E-state index is 12.2. The highest BCUT2D eigenvalue weighted by Crippen LogP contribution is 2.22. The summed E-state index contributed by atoms with van der Waals surface area (Å²) in [5, 5.41) is 6.04. The van der Waals surface area contributed by atoms with Gasteiger partial charge in [-0.25, -0.2) is 0 Å². The minimum atomic E-state index is -0.434. The Labute approximate surface area is 149 Å². The molecule has 8 heteroatoms. The highest BCUT2D eigenvalue weighted by Gasteiger charge is 2.21. The number of rotatable bonds is 7. The topological polar surface area (TPSA) is 97.1 Å². The van der Waals surface area contributed by atoms with Crippen molar-refractivity contribution in [2.45, 2.75) is 26.3 Å². The van der Waals surface area contributed by atoms with Crippen molar-refractivity contribution < 1.29 is 9.59 Å². The molecule has 0 fully saturated rings. The smallest absolute Gasteiger partial charge is 0.273 e. The summed E-state index contributed by atoms with van der Waals surface area (Å²) in [6.07, 6.45) is 1.86. The van der Waals surface area contributed by atoms with E-state index in [0.29, 0.717) is 11.6 Å². The molecule has 0 spiro atoms. The van der Waals surface area contributed by atoms with Gasteiger partial charge >= 0.3 is 0 Å². The molecule has 0 radical (unpaired) electrons. The van der Waals surface area contributed by atoms with Gasteiger partial charge < -0.3 is 16.4 Å². The minimum Gasteiger partial charge on any atom is -0.395 e. The quantitative estimate of drug-likeness (QED) is 0.656. The average molecular weight is 367 g/mol. The van der Waals surface area contributed by atoms with Crippen LogP contribution >= 0.6 is 23.1 Å². The molecular weight excluding hydrogens is 348 g/mol. The first-order chi connectivity index (χ1) is 11.5. The van der Waals surface area contributed by atoms with E-state index >= 15 is 0 Å². The first kappa shape index (κ1) is 18.2. The highest BCUT2D eigenvalue weighted by atomic mass is 35.5. The number of nitrogen functional groups attached to an aromatic ring is 1. The zero-order chi connectivity index (χ0) is 17.5. The second-order valence-electron chi connectivity index (χ2n) is 5.16. The lowest BCUT2D eigenvalue weighted by Crippen LogP contribution is -2.26. The van der Waals surface area contributed by atoms with Crippen molar-refractivity contribution in [3.8, 4) is 0 Å². The number of anilines is 1. The van der Waals surface area contributed by atoms with Gasteiger partial charge in [-0.1, -0.05) is 43.1 Å². The maximum atomic E-state index is 12.2. The number of hydrogen-bond acceptors (Lipinski definition) is 5. The molecule has 1 aromatic heterocycles. The third-order valence-corrected chi connectivity index (χ3v) is 4.59. The number of amides is 2. The lowest BCUT2D eigenvalue weighted by molar-refractivity contribution is 0.0947. The monoisotopic (exact) mass is 366 g/mol. The van der Waals surface area contributed by atoms with Crippen LogP contribution in [0.2, 0.25) is 5.02 Å². The number of nitrogens with zero attached hydrogens (tertiary/aromatic N) is 1. The molecule has 2 amide bonds. The normalized spacial score (nSPS) is 10.4. The first-order valence-electron chi connectivity index (χ1n) is 7.59. The molecule has 0 aliphatic carbocycles. The Hall–Kier alpha value is -2.12. The molecule has 1 aromatic carbocycles. The van der Waals surface area contributed by atoms with Crippen LogP contribution in [0, 0.1) is 0 Å². The predicted molar refractivity (Wildman–Crippen MR) is 96.4 cm³/mol. The molecular formula is C16H19ClN4O2S. The van der Waals surface area contributed by atoms with E-state index in [9.17, 15) is 9.59 Å². The number of aromatic nitrogens is 1. The lowest BCUT2D eigenvalue weighted by Gasteiger charge is -2.06. The van der Waals surface area contributed by atoms with Crippen molar-refractivity contribution in [1.29, 1.82) is 0 Å². The van der Waals surface area contributed by atoms with Gasteiger partial charge in [0.25, 0.3) is 11.8 Å². The van der Waals surface area contributed by atoms with Crippen molar-refractivity contribution >= 4 is 40.6 Å². The van der Waals surface area contributed by atoms with Gasteiger partial charge in [0.15, 0.2) is 5.69 Å². The molecule has 0 saturated carbocycles. The standard InChI is InChI=1S/C16H19ClN4O2S/c1-2-3-8-19-16(23)14-12(18)13(21-24-14)15(22)20-9-10-6-4-5-7-11(10)17/h4-7H,2-3,8-9,18H2,1H3,(H,19,23)(H,20,22). The molecule has 6 nitrogen and oxygen atoms in total. The number of carbonyl (C=O) groups excluding carboxylic acids is 2. The van der Waals surface area contributed by atoms with Crippen LogP contribution in [0.4, 0.5) is 5.69 Å². The Morgan fingerprint density at radius 3 is 2.71 bits per heavy atom. The number of carbonyl (C=O) groups is 2. The van der Waals surface area contributed by atoms with Gasteiger partial charge in [-0.3, -0.25) is 9.59 Å². The zero-order valence-corrected chi connectivity index (χ0v) is 14.8. The summed E-state index contributed by atoms with van der Waals surface area (Å²) >= 11 is 6.97. The zero-order valence-electron chi connectivity index (χ0n) is 13.3. The van der Waals surface area contributed by atoms with Crippen LogP contribution in [0.15, 0.2) is 24.3 Å². The van der Waals surface area contributed by atoms with Gasteiger partial charge in [0.2, 0.25) is 0 Å². The number of benzene rings is 1. The largest absolute Gasteiger partial charge is 0.395 e. The molecule has 0 atom stereocenters. The van der Waals surface area contributed by atoms with E-state index in [1.165, 1.54) is 0 Å². The van der Waals surface area contributed by atoms with Gasteiger partial charge in [-0.2, -0.15) is 4.37 Å². The highest BCUT2D eigenvalue weighted by molar-refractivity contribution is 7.09. The van der Waals surface area contributed by atoms with Crippen LogP contribution in [-0.2, 0) is 6.54 Å². The molecule has 1 heterocycles. The third kappa shape index (κ3) is 4.46. The predicted octanol–water partition coefficient (Wildman–Crippen LogP) is 2.84. The van der Waals surface area contributed by atoms with Gasteiger partial charge in [0.1, 0.15) is 4.88 Å². The van der Waals surface area contributed by atoms with Crippen LogP contribution in [-0.4, -0.2) is 22.7 Å². The molecule has 4 N–H and O–H groups in total. The van der Waals surface area contributed by atoms with Crippen molar-refractivity contribution in [2.24, 2.45) is 0 Å².